The monoisotopic (exact) mass is 279 g/mol. The van der Waals surface area contributed by atoms with E-state index in [1.807, 2.05) is 19.1 Å². The van der Waals surface area contributed by atoms with E-state index in [0.717, 1.165) is 31.4 Å². The molecule has 0 radical (unpaired) electrons. The minimum atomic E-state index is -0.460. The van der Waals surface area contributed by atoms with Gasteiger partial charge in [-0.1, -0.05) is 26.0 Å². The van der Waals surface area contributed by atoms with Crippen molar-refractivity contribution in [2.24, 2.45) is 5.73 Å². The number of aliphatic hydroxyl groups is 1. The molecule has 114 valence electrons. The van der Waals surface area contributed by atoms with E-state index in [2.05, 4.69) is 26.0 Å². The highest BCUT2D eigenvalue weighted by atomic mass is 16.5. The maximum atomic E-state index is 9.06. The zero-order valence-corrected chi connectivity index (χ0v) is 13.1. The second-order valence-electron chi connectivity index (χ2n) is 6.00. The largest absolute Gasteiger partial charge is 0.494 e. The molecule has 0 aliphatic carbocycles. The van der Waals surface area contributed by atoms with Crippen LogP contribution in [-0.2, 0) is 0 Å². The molecular formula is C17H29NO2. The van der Waals surface area contributed by atoms with Gasteiger partial charge in [0.1, 0.15) is 5.75 Å². The van der Waals surface area contributed by atoms with E-state index in [4.69, 9.17) is 15.6 Å². The highest BCUT2D eigenvalue weighted by molar-refractivity contribution is 5.29. The quantitative estimate of drug-likeness (QED) is 0.681. The Morgan fingerprint density at radius 2 is 1.90 bits per heavy atom. The standard InChI is InChI=1S/C17H29NO2/c1-4-14(2)15-7-9-16(10-8-15)20-12-6-5-11-17(3,18)13-19/h7-10,14,19H,4-6,11-13,18H2,1-3H3. The van der Waals surface area contributed by atoms with Crippen LogP contribution in [0.3, 0.4) is 0 Å². The van der Waals surface area contributed by atoms with Crippen molar-refractivity contribution in [2.75, 3.05) is 13.2 Å². The van der Waals surface area contributed by atoms with Crippen molar-refractivity contribution in [3.05, 3.63) is 29.8 Å². The normalized spacial score (nSPS) is 15.7. The van der Waals surface area contributed by atoms with E-state index in [9.17, 15) is 0 Å². The van der Waals surface area contributed by atoms with Crippen LogP contribution in [0.2, 0.25) is 0 Å². The molecule has 20 heavy (non-hydrogen) atoms. The molecule has 0 spiro atoms. The summed E-state index contributed by atoms with van der Waals surface area (Å²) in [4.78, 5) is 0. The number of nitrogens with two attached hydrogens (primary N) is 1. The number of benzene rings is 1. The lowest BCUT2D eigenvalue weighted by Crippen LogP contribution is -2.39. The molecule has 0 amide bonds. The van der Waals surface area contributed by atoms with Crippen molar-refractivity contribution < 1.29 is 9.84 Å². The summed E-state index contributed by atoms with van der Waals surface area (Å²) in [5, 5.41) is 9.06. The Morgan fingerprint density at radius 3 is 2.45 bits per heavy atom. The van der Waals surface area contributed by atoms with E-state index >= 15 is 0 Å². The second-order valence-corrected chi connectivity index (χ2v) is 6.00. The maximum absolute atomic E-state index is 9.06. The van der Waals surface area contributed by atoms with E-state index in [1.54, 1.807) is 0 Å². The fourth-order valence-corrected chi connectivity index (χ4v) is 2.03. The molecule has 0 saturated carbocycles. The van der Waals surface area contributed by atoms with Crippen LogP contribution in [-0.4, -0.2) is 23.9 Å². The van der Waals surface area contributed by atoms with Gasteiger partial charge in [0.15, 0.2) is 0 Å². The summed E-state index contributed by atoms with van der Waals surface area (Å²) in [6.45, 7) is 7.05. The molecular weight excluding hydrogens is 250 g/mol. The molecule has 1 aromatic carbocycles. The van der Waals surface area contributed by atoms with Gasteiger partial charge in [0.2, 0.25) is 0 Å². The molecule has 1 aromatic rings. The topological polar surface area (TPSA) is 55.5 Å². The van der Waals surface area contributed by atoms with E-state index in [1.165, 1.54) is 5.56 Å². The minimum Gasteiger partial charge on any atom is -0.494 e. The SMILES string of the molecule is CCC(C)c1ccc(OCCCCC(C)(N)CO)cc1. The van der Waals surface area contributed by atoms with Crippen molar-refractivity contribution in [1.29, 1.82) is 0 Å². The lowest BCUT2D eigenvalue weighted by atomic mass is 9.97. The molecule has 2 atom stereocenters. The van der Waals surface area contributed by atoms with E-state index in [-0.39, 0.29) is 6.61 Å². The molecule has 0 heterocycles. The summed E-state index contributed by atoms with van der Waals surface area (Å²) in [6.07, 6.45) is 3.90. The number of aliphatic hydroxyl groups excluding tert-OH is 1. The fraction of sp³-hybridized carbons (Fsp3) is 0.647. The van der Waals surface area contributed by atoms with Crippen molar-refractivity contribution in [1.82, 2.24) is 0 Å². The van der Waals surface area contributed by atoms with Gasteiger partial charge in [0.25, 0.3) is 0 Å². The smallest absolute Gasteiger partial charge is 0.119 e. The summed E-state index contributed by atoms with van der Waals surface area (Å²) in [5.74, 6) is 1.53. The third kappa shape index (κ3) is 5.93. The molecule has 3 N–H and O–H groups in total. The van der Waals surface area contributed by atoms with Crippen LogP contribution in [0.15, 0.2) is 24.3 Å². The van der Waals surface area contributed by atoms with Gasteiger partial charge in [-0.05, 0) is 56.2 Å². The second kappa shape index (κ2) is 8.28. The van der Waals surface area contributed by atoms with Crippen LogP contribution in [0.4, 0.5) is 0 Å². The first-order valence-corrected chi connectivity index (χ1v) is 7.61. The summed E-state index contributed by atoms with van der Waals surface area (Å²) in [7, 11) is 0. The predicted molar refractivity (Wildman–Crippen MR) is 84.2 cm³/mol. The Hall–Kier alpha value is -1.06. The van der Waals surface area contributed by atoms with Gasteiger partial charge in [-0.3, -0.25) is 0 Å². The van der Waals surface area contributed by atoms with Gasteiger partial charge in [-0.2, -0.15) is 0 Å². The van der Waals surface area contributed by atoms with E-state index < -0.39 is 5.54 Å². The Labute approximate surface area is 123 Å². The molecule has 2 unspecified atom stereocenters. The Balaban J connectivity index is 2.26. The van der Waals surface area contributed by atoms with Crippen LogP contribution < -0.4 is 10.5 Å². The molecule has 1 rings (SSSR count). The van der Waals surface area contributed by atoms with Gasteiger partial charge in [0.05, 0.1) is 13.2 Å². The molecule has 3 heteroatoms. The molecule has 0 aromatic heterocycles. The number of hydrogen-bond donors (Lipinski definition) is 2. The Kier molecular flexibility index (Phi) is 7.03. The first kappa shape index (κ1) is 17.0. The number of rotatable bonds is 9. The number of hydrogen-bond acceptors (Lipinski definition) is 3. The van der Waals surface area contributed by atoms with Crippen molar-refractivity contribution in [2.45, 2.75) is 57.9 Å². The highest BCUT2D eigenvalue weighted by Gasteiger charge is 2.15. The van der Waals surface area contributed by atoms with Gasteiger partial charge < -0.3 is 15.6 Å². The molecule has 0 aliphatic heterocycles. The number of unbranched alkanes of at least 4 members (excludes halogenated alkanes) is 1. The lowest BCUT2D eigenvalue weighted by molar-refractivity contribution is 0.194. The van der Waals surface area contributed by atoms with Crippen molar-refractivity contribution >= 4 is 0 Å². The molecule has 0 aliphatic rings. The van der Waals surface area contributed by atoms with Crippen LogP contribution in [0.5, 0.6) is 5.75 Å². The zero-order valence-electron chi connectivity index (χ0n) is 13.1. The summed E-state index contributed by atoms with van der Waals surface area (Å²) < 4.78 is 5.72. The van der Waals surface area contributed by atoms with Crippen molar-refractivity contribution in [3.63, 3.8) is 0 Å². The minimum absolute atomic E-state index is 0.0327. The van der Waals surface area contributed by atoms with E-state index in [0.29, 0.717) is 12.5 Å². The predicted octanol–water partition coefficient (Wildman–Crippen LogP) is 3.46. The average molecular weight is 279 g/mol. The zero-order chi connectivity index (χ0) is 15.0. The van der Waals surface area contributed by atoms with Crippen LogP contribution in [0, 0.1) is 0 Å². The molecule has 0 fully saturated rings. The van der Waals surface area contributed by atoms with Crippen LogP contribution in [0.1, 0.15) is 57.9 Å². The maximum Gasteiger partial charge on any atom is 0.119 e. The summed E-state index contributed by atoms with van der Waals surface area (Å²) in [6, 6.07) is 8.38. The van der Waals surface area contributed by atoms with Gasteiger partial charge in [-0.25, -0.2) is 0 Å². The third-order valence-electron chi connectivity index (χ3n) is 3.83. The Bertz CT molecular complexity index is 373. The highest BCUT2D eigenvalue weighted by Crippen LogP contribution is 2.21. The van der Waals surface area contributed by atoms with Gasteiger partial charge in [-0.15, -0.1) is 0 Å². The Morgan fingerprint density at radius 1 is 1.25 bits per heavy atom. The van der Waals surface area contributed by atoms with Gasteiger partial charge in [0, 0.05) is 5.54 Å². The van der Waals surface area contributed by atoms with Crippen molar-refractivity contribution in [3.8, 4) is 5.75 Å². The lowest BCUT2D eigenvalue weighted by Gasteiger charge is -2.21. The first-order chi connectivity index (χ1) is 9.48. The first-order valence-electron chi connectivity index (χ1n) is 7.61. The van der Waals surface area contributed by atoms with Crippen LogP contribution >= 0.6 is 0 Å². The fourth-order valence-electron chi connectivity index (χ4n) is 2.03. The summed E-state index contributed by atoms with van der Waals surface area (Å²) >= 11 is 0. The average Bonchev–Trinajstić information content (AvgIpc) is 2.46. The number of ether oxygens (including phenoxy) is 1. The molecule has 0 bridgehead atoms. The van der Waals surface area contributed by atoms with Gasteiger partial charge >= 0.3 is 0 Å². The van der Waals surface area contributed by atoms with Crippen LogP contribution in [0.25, 0.3) is 0 Å². The summed E-state index contributed by atoms with van der Waals surface area (Å²) in [5.41, 5.74) is 6.78. The third-order valence-corrected chi connectivity index (χ3v) is 3.83. The molecule has 0 saturated heterocycles. The molecule has 3 nitrogen and oxygen atoms in total.